The number of amides is 2. The average molecular weight is 412 g/mol. The van der Waals surface area contributed by atoms with Crippen LogP contribution in [0.15, 0.2) is 59.1 Å². The van der Waals surface area contributed by atoms with Gasteiger partial charge in [-0.05, 0) is 42.0 Å². The number of hydrogen-bond donors (Lipinski definition) is 1. The first kappa shape index (κ1) is 20.6. The lowest BCUT2D eigenvalue weighted by molar-refractivity contribution is -0.121. The van der Waals surface area contributed by atoms with Crippen LogP contribution in [-0.2, 0) is 17.8 Å². The summed E-state index contributed by atoms with van der Waals surface area (Å²) in [7, 11) is 3.42. The summed E-state index contributed by atoms with van der Waals surface area (Å²) < 4.78 is 5.71. The van der Waals surface area contributed by atoms with Crippen molar-refractivity contribution in [2.75, 3.05) is 14.1 Å². The maximum Gasteiger partial charge on any atom is 0.253 e. The Hall–Kier alpha value is -3.12. The fraction of sp³-hybridized carbons (Fsp3) is 0.227. The van der Waals surface area contributed by atoms with Gasteiger partial charge in [-0.2, -0.15) is 0 Å². The number of aromatic nitrogens is 1. The molecule has 6 nitrogen and oxygen atoms in total. The second-order valence-electron chi connectivity index (χ2n) is 6.80. The second-order valence-corrected chi connectivity index (χ2v) is 7.23. The highest BCUT2D eigenvalue weighted by Crippen LogP contribution is 2.22. The van der Waals surface area contributed by atoms with Gasteiger partial charge in [-0.15, -0.1) is 0 Å². The first-order chi connectivity index (χ1) is 13.9. The molecule has 1 heterocycles. The first-order valence-electron chi connectivity index (χ1n) is 9.20. The number of carbonyl (C=O) groups is 2. The molecule has 3 rings (SSSR count). The van der Waals surface area contributed by atoms with Crippen LogP contribution in [0.3, 0.4) is 0 Å². The van der Waals surface area contributed by atoms with E-state index in [0.29, 0.717) is 35.2 Å². The fourth-order valence-electron chi connectivity index (χ4n) is 2.71. The molecule has 0 atom stereocenters. The lowest BCUT2D eigenvalue weighted by atomic mass is 10.1. The SMILES string of the molecule is CN(C)C(=O)c1ccc(CNC(=O)CCc2ncc(-c3ccc(Cl)cc3)o2)cc1. The third-order valence-corrected chi connectivity index (χ3v) is 4.60. The predicted octanol–water partition coefficient (Wildman–Crippen LogP) is 3.95. The van der Waals surface area contributed by atoms with Crippen molar-refractivity contribution in [3.05, 3.63) is 76.8 Å². The van der Waals surface area contributed by atoms with Crippen molar-refractivity contribution in [2.45, 2.75) is 19.4 Å². The monoisotopic (exact) mass is 411 g/mol. The van der Waals surface area contributed by atoms with Gasteiger partial charge in [-0.3, -0.25) is 9.59 Å². The Kier molecular flexibility index (Phi) is 6.67. The summed E-state index contributed by atoms with van der Waals surface area (Å²) in [6.45, 7) is 0.400. The van der Waals surface area contributed by atoms with Crippen LogP contribution in [0.4, 0.5) is 0 Å². The molecule has 0 aliphatic rings. The Morgan fingerprint density at radius 2 is 1.76 bits per heavy atom. The molecule has 0 aliphatic heterocycles. The van der Waals surface area contributed by atoms with Crippen molar-refractivity contribution in [1.82, 2.24) is 15.2 Å². The first-order valence-corrected chi connectivity index (χ1v) is 9.58. The van der Waals surface area contributed by atoms with Crippen LogP contribution >= 0.6 is 11.6 Å². The molecule has 1 aromatic heterocycles. The maximum absolute atomic E-state index is 12.1. The van der Waals surface area contributed by atoms with Gasteiger partial charge >= 0.3 is 0 Å². The third kappa shape index (κ3) is 5.68. The molecule has 0 aliphatic carbocycles. The molecule has 0 saturated carbocycles. The quantitative estimate of drug-likeness (QED) is 0.638. The average Bonchev–Trinajstić information content (AvgIpc) is 3.20. The summed E-state index contributed by atoms with van der Waals surface area (Å²) in [5.41, 5.74) is 2.43. The number of benzene rings is 2. The number of nitrogens with zero attached hydrogens (tertiary/aromatic N) is 2. The zero-order valence-electron chi connectivity index (χ0n) is 16.3. The molecule has 0 fully saturated rings. The van der Waals surface area contributed by atoms with E-state index in [4.69, 9.17) is 16.0 Å². The van der Waals surface area contributed by atoms with Crippen LogP contribution < -0.4 is 5.32 Å². The summed E-state index contributed by atoms with van der Waals surface area (Å²) in [6, 6.07) is 14.5. The number of aryl methyl sites for hydroxylation is 1. The van der Waals surface area contributed by atoms with Crippen LogP contribution in [-0.4, -0.2) is 35.8 Å². The van der Waals surface area contributed by atoms with E-state index in [0.717, 1.165) is 11.1 Å². The molecule has 2 amide bonds. The van der Waals surface area contributed by atoms with Crippen molar-refractivity contribution in [3.63, 3.8) is 0 Å². The van der Waals surface area contributed by atoms with Gasteiger partial charge in [0.05, 0.1) is 6.20 Å². The predicted molar refractivity (Wildman–Crippen MR) is 112 cm³/mol. The van der Waals surface area contributed by atoms with Crippen molar-refractivity contribution in [2.24, 2.45) is 0 Å². The molecule has 0 spiro atoms. The number of oxazole rings is 1. The fourth-order valence-corrected chi connectivity index (χ4v) is 2.83. The Morgan fingerprint density at radius 1 is 1.07 bits per heavy atom. The minimum atomic E-state index is -0.0929. The van der Waals surface area contributed by atoms with Crippen molar-refractivity contribution >= 4 is 23.4 Å². The Morgan fingerprint density at radius 3 is 2.41 bits per heavy atom. The largest absolute Gasteiger partial charge is 0.441 e. The molecule has 0 bridgehead atoms. The van der Waals surface area contributed by atoms with Gasteiger partial charge in [0.25, 0.3) is 5.91 Å². The normalized spacial score (nSPS) is 10.6. The van der Waals surface area contributed by atoms with E-state index in [9.17, 15) is 9.59 Å². The van der Waals surface area contributed by atoms with Crippen LogP contribution in [0.25, 0.3) is 11.3 Å². The zero-order valence-corrected chi connectivity index (χ0v) is 17.1. The summed E-state index contributed by atoms with van der Waals surface area (Å²) >= 11 is 5.89. The van der Waals surface area contributed by atoms with Gasteiger partial charge in [0.2, 0.25) is 5.91 Å². The number of hydrogen-bond acceptors (Lipinski definition) is 4. The van der Waals surface area contributed by atoms with Gasteiger partial charge in [0.15, 0.2) is 11.7 Å². The van der Waals surface area contributed by atoms with Crippen LogP contribution in [0.1, 0.15) is 28.2 Å². The maximum atomic E-state index is 12.1. The Balaban J connectivity index is 1.47. The minimum absolute atomic E-state index is 0.0514. The van der Waals surface area contributed by atoms with Gasteiger partial charge in [0, 0.05) is 49.6 Å². The third-order valence-electron chi connectivity index (χ3n) is 4.34. The van der Waals surface area contributed by atoms with E-state index in [1.54, 1.807) is 44.6 Å². The lowest BCUT2D eigenvalue weighted by Crippen LogP contribution is -2.23. The minimum Gasteiger partial charge on any atom is -0.441 e. The van der Waals surface area contributed by atoms with Crippen LogP contribution in [0.5, 0.6) is 0 Å². The van der Waals surface area contributed by atoms with Gasteiger partial charge in [-0.25, -0.2) is 4.98 Å². The zero-order chi connectivity index (χ0) is 20.8. The van der Waals surface area contributed by atoms with Gasteiger partial charge in [-0.1, -0.05) is 23.7 Å². The number of rotatable bonds is 7. The summed E-state index contributed by atoms with van der Waals surface area (Å²) in [6.07, 6.45) is 2.33. The Labute approximate surface area is 174 Å². The highest BCUT2D eigenvalue weighted by atomic mass is 35.5. The van der Waals surface area contributed by atoms with E-state index >= 15 is 0 Å². The molecule has 3 aromatic rings. The number of halogens is 1. The van der Waals surface area contributed by atoms with Crippen molar-refractivity contribution in [3.8, 4) is 11.3 Å². The molecule has 7 heteroatoms. The summed E-state index contributed by atoms with van der Waals surface area (Å²) in [5.74, 6) is 1.01. The standard InChI is InChI=1S/C22H22ClN3O3/c1-26(2)22(28)17-5-3-15(4-6-17)13-24-20(27)11-12-21-25-14-19(29-21)16-7-9-18(23)10-8-16/h3-10,14H,11-13H2,1-2H3,(H,24,27). The number of carbonyl (C=O) groups excluding carboxylic acids is 2. The molecular formula is C22H22ClN3O3. The highest BCUT2D eigenvalue weighted by molar-refractivity contribution is 6.30. The van der Waals surface area contributed by atoms with E-state index in [1.165, 1.54) is 4.90 Å². The van der Waals surface area contributed by atoms with Gasteiger partial charge in [0.1, 0.15) is 0 Å². The topological polar surface area (TPSA) is 75.4 Å². The lowest BCUT2D eigenvalue weighted by Gasteiger charge is -2.10. The smallest absolute Gasteiger partial charge is 0.253 e. The van der Waals surface area contributed by atoms with Crippen molar-refractivity contribution < 1.29 is 14.0 Å². The highest BCUT2D eigenvalue weighted by Gasteiger charge is 2.10. The van der Waals surface area contributed by atoms with Crippen LogP contribution in [0.2, 0.25) is 5.02 Å². The molecule has 2 aromatic carbocycles. The molecule has 1 N–H and O–H groups in total. The van der Waals surface area contributed by atoms with E-state index in [2.05, 4.69) is 10.3 Å². The van der Waals surface area contributed by atoms with E-state index in [1.807, 2.05) is 24.3 Å². The molecule has 0 saturated heterocycles. The second kappa shape index (κ2) is 9.39. The molecular weight excluding hydrogens is 390 g/mol. The summed E-state index contributed by atoms with van der Waals surface area (Å²) in [4.78, 5) is 29.8. The van der Waals surface area contributed by atoms with E-state index < -0.39 is 0 Å². The molecule has 150 valence electrons. The summed E-state index contributed by atoms with van der Waals surface area (Å²) in [5, 5.41) is 3.52. The number of nitrogens with one attached hydrogen (secondary N) is 1. The Bertz CT molecular complexity index is 979. The van der Waals surface area contributed by atoms with Crippen LogP contribution in [0, 0.1) is 0 Å². The molecule has 0 radical (unpaired) electrons. The van der Waals surface area contributed by atoms with Gasteiger partial charge < -0.3 is 14.6 Å². The molecule has 0 unspecified atom stereocenters. The van der Waals surface area contributed by atoms with Crippen molar-refractivity contribution in [1.29, 1.82) is 0 Å². The van der Waals surface area contributed by atoms with E-state index in [-0.39, 0.29) is 18.2 Å². The molecule has 29 heavy (non-hydrogen) atoms.